The lowest BCUT2D eigenvalue weighted by Crippen LogP contribution is -2.42. The molecule has 0 radical (unpaired) electrons. The standard InChI is InChI=1S/C15H23FO2/c1-10(2)4-5-13-14(3,18-13)12-8-11(16)6-7-15(12)9-17-15/h4,11-13H,5-9H2,1-3H3. The summed E-state index contributed by atoms with van der Waals surface area (Å²) < 4.78 is 25.3. The Hall–Kier alpha value is -0.410. The van der Waals surface area contributed by atoms with Crippen LogP contribution < -0.4 is 0 Å². The van der Waals surface area contributed by atoms with Gasteiger partial charge in [-0.25, -0.2) is 4.39 Å². The number of rotatable bonds is 3. The molecule has 2 saturated heterocycles. The van der Waals surface area contributed by atoms with Gasteiger partial charge in [-0.3, -0.25) is 0 Å². The second-order valence-corrected chi connectivity index (χ2v) is 6.59. The van der Waals surface area contributed by atoms with Crippen molar-refractivity contribution in [1.82, 2.24) is 0 Å². The molecule has 2 aliphatic heterocycles. The molecule has 18 heavy (non-hydrogen) atoms. The summed E-state index contributed by atoms with van der Waals surface area (Å²) in [6.45, 7) is 7.15. The zero-order valence-corrected chi connectivity index (χ0v) is 11.5. The third kappa shape index (κ3) is 2.01. The molecular formula is C15H23FO2. The first-order valence-corrected chi connectivity index (χ1v) is 7.05. The van der Waals surface area contributed by atoms with Crippen LogP contribution in [0.4, 0.5) is 4.39 Å². The van der Waals surface area contributed by atoms with E-state index in [-0.39, 0.29) is 23.2 Å². The van der Waals surface area contributed by atoms with Gasteiger partial charge in [-0.15, -0.1) is 0 Å². The van der Waals surface area contributed by atoms with E-state index in [2.05, 4.69) is 26.8 Å². The van der Waals surface area contributed by atoms with E-state index in [1.165, 1.54) is 5.57 Å². The van der Waals surface area contributed by atoms with Crippen molar-refractivity contribution in [1.29, 1.82) is 0 Å². The highest BCUT2D eigenvalue weighted by Gasteiger charge is 2.68. The number of allylic oxidation sites excluding steroid dienone is 1. The minimum Gasteiger partial charge on any atom is -0.369 e. The van der Waals surface area contributed by atoms with Crippen molar-refractivity contribution in [3.05, 3.63) is 11.6 Å². The first-order chi connectivity index (χ1) is 8.46. The van der Waals surface area contributed by atoms with E-state index in [9.17, 15) is 4.39 Å². The van der Waals surface area contributed by atoms with E-state index in [4.69, 9.17) is 9.47 Å². The molecule has 3 rings (SSSR count). The number of hydrogen-bond acceptors (Lipinski definition) is 2. The summed E-state index contributed by atoms with van der Waals surface area (Å²) in [5, 5.41) is 0. The Morgan fingerprint density at radius 3 is 2.78 bits per heavy atom. The Balaban J connectivity index is 1.69. The average Bonchev–Trinajstić information content (AvgIpc) is 3.19. The fourth-order valence-electron chi connectivity index (χ4n) is 3.56. The second-order valence-electron chi connectivity index (χ2n) is 6.59. The van der Waals surface area contributed by atoms with Crippen molar-refractivity contribution in [2.75, 3.05) is 6.61 Å². The molecule has 2 heterocycles. The van der Waals surface area contributed by atoms with E-state index in [1.54, 1.807) is 0 Å². The molecule has 3 heteroatoms. The summed E-state index contributed by atoms with van der Waals surface area (Å²) in [5.41, 5.74) is 1.11. The molecule has 0 N–H and O–H groups in total. The van der Waals surface area contributed by atoms with Crippen molar-refractivity contribution in [3.8, 4) is 0 Å². The topological polar surface area (TPSA) is 25.1 Å². The Labute approximate surface area is 109 Å². The molecular weight excluding hydrogens is 231 g/mol. The number of ether oxygens (including phenoxy) is 2. The van der Waals surface area contributed by atoms with Gasteiger partial charge in [0, 0.05) is 5.92 Å². The summed E-state index contributed by atoms with van der Waals surface area (Å²) in [6.07, 6.45) is 4.88. The van der Waals surface area contributed by atoms with E-state index in [0.29, 0.717) is 12.8 Å². The molecule has 102 valence electrons. The predicted molar refractivity (Wildman–Crippen MR) is 68.2 cm³/mol. The summed E-state index contributed by atoms with van der Waals surface area (Å²) in [6, 6.07) is 0. The highest BCUT2D eigenvalue weighted by Crippen LogP contribution is 2.59. The van der Waals surface area contributed by atoms with Crippen LogP contribution in [-0.2, 0) is 9.47 Å². The van der Waals surface area contributed by atoms with E-state index >= 15 is 0 Å². The lowest BCUT2D eigenvalue weighted by Gasteiger charge is -2.34. The van der Waals surface area contributed by atoms with Crippen LogP contribution >= 0.6 is 0 Å². The number of epoxide rings is 2. The zero-order chi connectivity index (χ0) is 13.0. The minimum atomic E-state index is -0.671. The Morgan fingerprint density at radius 2 is 2.17 bits per heavy atom. The molecule has 0 aromatic carbocycles. The maximum absolute atomic E-state index is 13.7. The van der Waals surface area contributed by atoms with Gasteiger partial charge in [-0.05, 0) is 46.5 Å². The molecule has 3 aliphatic rings. The Bertz CT molecular complexity index is 371. The van der Waals surface area contributed by atoms with Gasteiger partial charge in [-0.2, -0.15) is 0 Å². The van der Waals surface area contributed by atoms with Crippen molar-refractivity contribution in [3.63, 3.8) is 0 Å². The number of halogens is 1. The molecule has 0 aromatic heterocycles. The van der Waals surface area contributed by atoms with Gasteiger partial charge < -0.3 is 9.47 Å². The lowest BCUT2D eigenvalue weighted by molar-refractivity contribution is 0.0496. The van der Waals surface area contributed by atoms with Crippen LogP contribution in [0.15, 0.2) is 11.6 Å². The minimum absolute atomic E-state index is 0.0446. The van der Waals surface area contributed by atoms with Crippen LogP contribution in [0.3, 0.4) is 0 Å². The normalized spacial score (nSPS) is 50.1. The summed E-state index contributed by atoms with van der Waals surface area (Å²) in [4.78, 5) is 0. The van der Waals surface area contributed by atoms with Gasteiger partial charge in [0.25, 0.3) is 0 Å². The molecule has 1 aliphatic carbocycles. The molecule has 0 aromatic rings. The Morgan fingerprint density at radius 1 is 1.44 bits per heavy atom. The molecule has 5 unspecified atom stereocenters. The van der Waals surface area contributed by atoms with Crippen molar-refractivity contribution in [2.24, 2.45) is 5.92 Å². The summed E-state index contributed by atoms with van der Waals surface area (Å²) in [5.74, 6) is 0.240. The summed E-state index contributed by atoms with van der Waals surface area (Å²) in [7, 11) is 0. The van der Waals surface area contributed by atoms with Gasteiger partial charge in [-0.1, -0.05) is 11.6 Å². The fraction of sp³-hybridized carbons (Fsp3) is 0.867. The highest BCUT2D eigenvalue weighted by molar-refractivity contribution is 5.17. The van der Waals surface area contributed by atoms with Gasteiger partial charge in [0.1, 0.15) is 6.17 Å². The van der Waals surface area contributed by atoms with E-state index in [1.807, 2.05) is 0 Å². The largest absolute Gasteiger partial charge is 0.369 e. The monoisotopic (exact) mass is 254 g/mol. The van der Waals surface area contributed by atoms with Crippen molar-refractivity contribution < 1.29 is 13.9 Å². The third-order valence-electron chi connectivity index (χ3n) is 4.93. The van der Waals surface area contributed by atoms with Gasteiger partial charge in [0.05, 0.1) is 23.9 Å². The maximum Gasteiger partial charge on any atom is 0.101 e. The van der Waals surface area contributed by atoms with Crippen LogP contribution in [0.5, 0.6) is 0 Å². The zero-order valence-electron chi connectivity index (χ0n) is 11.5. The van der Waals surface area contributed by atoms with E-state index in [0.717, 1.165) is 19.4 Å². The molecule has 0 bridgehead atoms. The van der Waals surface area contributed by atoms with Crippen LogP contribution in [0.2, 0.25) is 0 Å². The fourth-order valence-corrected chi connectivity index (χ4v) is 3.56. The lowest BCUT2D eigenvalue weighted by atomic mass is 9.70. The average molecular weight is 254 g/mol. The molecule has 2 nitrogen and oxygen atoms in total. The predicted octanol–water partition coefficient (Wildman–Crippen LogP) is 3.41. The van der Waals surface area contributed by atoms with Crippen molar-refractivity contribution >= 4 is 0 Å². The van der Waals surface area contributed by atoms with Gasteiger partial charge in [0.15, 0.2) is 0 Å². The highest BCUT2D eigenvalue weighted by atomic mass is 19.1. The number of alkyl halides is 1. The second kappa shape index (κ2) is 4.04. The quantitative estimate of drug-likeness (QED) is 0.569. The van der Waals surface area contributed by atoms with Gasteiger partial charge in [0.2, 0.25) is 0 Å². The molecule has 5 atom stereocenters. The summed E-state index contributed by atoms with van der Waals surface area (Å²) >= 11 is 0. The first-order valence-electron chi connectivity index (χ1n) is 7.05. The molecule has 0 amide bonds. The van der Waals surface area contributed by atoms with Crippen molar-refractivity contribution in [2.45, 2.75) is 69.9 Å². The number of hydrogen-bond donors (Lipinski definition) is 0. The molecule has 1 spiro atoms. The van der Waals surface area contributed by atoms with Crippen LogP contribution in [0.1, 0.15) is 46.5 Å². The molecule has 3 fully saturated rings. The van der Waals surface area contributed by atoms with E-state index < -0.39 is 6.17 Å². The van der Waals surface area contributed by atoms with Crippen LogP contribution in [0, 0.1) is 5.92 Å². The maximum atomic E-state index is 13.7. The third-order valence-corrected chi connectivity index (χ3v) is 4.93. The van der Waals surface area contributed by atoms with Crippen LogP contribution in [0.25, 0.3) is 0 Å². The smallest absolute Gasteiger partial charge is 0.101 e. The Kier molecular flexibility index (Phi) is 2.83. The van der Waals surface area contributed by atoms with Crippen LogP contribution in [-0.4, -0.2) is 30.1 Å². The SMILES string of the molecule is CC(C)=CCC1OC1(C)C1CC(F)CCC12CO2. The first kappa shape index (κ1) is 12.6. The van der Waals surface area contributed by atoms with Gasteiger partial charge >= 0.3 is 0 Å². The molecule has 1 saturated carbocycles.